The predicted octanol–water partition coefficient (Wildman–Crippen LogP) is 5.25. The fourth-order valence-electron chi connectivity index (χ4n) is 3.19. The molecule has 5 nitrogen and oxygen atoms in total. The van der Waals surface area contributed by atoms with Gasteiger partial charge in [0.2, 0.25) is 10.0 Å². The minimum atomic E-state index is -5.23. The van der Waals surface area contributed by atoms with Crippen LogP contribution in [0.15, 0.2) is 53.7 Å². The standard InChI is InChI=1S/C22H15F7N2O3S/c1-12(32)14-4-5-15(16(7-14)22(27,28)29)11-31(10-13-3-2-6-30-9-13)35(33,34)18-8-17(23)19(24)21(26)20(18)25/h2-9H,10-11H2,1H3. The predicted molar refractivity (Wildman–Crippen MR) is 108 cm³/mol. The van der Waals surface area contributed by atoms with Crippen LogP contribution in [0.25, 0.3) is 0 Å². The zero-order valence-corrected chi connectivity index (χ0v) is 18.5. The van der Waals surface area contributed by atoms with E-state index in [0.717, 1.165) is 19.1 Å². The lowest BCUT2D eigenvalue weighted by Gasteiger charge is -2.24. The molecule has 3 aromatic rings. The van der Waals surface area contributed by atoms with Crippen LogP contribution in [0.4, 0.5) is 30.7 Å². The van der Waals surface area contributed by atoms with Gasteiger partial charge in [-0.1, -0.05) is 18.2 Å². The number of ketones is 1. The summed E-state index contributed by atoms with van der Waals surface area (Å²) in [4.78, 5) is 13.7. The summed E-state index contributed by atoms with van der Waals surface area (Å²) in [6.07, 6.45) is -2.51. The second-order valence-electron chi connectivity index (χ2n) is 7.36. The van der Waals surface area contributed by atoms with Crippen molar-refractivity contribution in [2.75, 3.05) is 0 Å². The average molecular weight is 520 g/mol. The summed E-state index contributed by atoms with van der Waals surface area (Å²) in [7, 11) is -5.23. The van der Waals surface area contributed by atoms with Gasteiger partial charge in [-0.25, -0.2) is 26.0 Å². The number of sulfonamides is 1. The molecule has 13 heteroatoms. The molecule has 0 fully saturated rings. The van der Waals surface area contributed by atoms with Crippen molar-refractivity contribution in [3.8, 4) is 0 Å². The lowest BCUT2D eigenvalue weighted by Crippen LogP contribution is -2.32. The number of carbonyl (C=O) groups excluding carboxylic acids is 1. The van der Waals surface area contributed by atoms with Gasteiger partial charge in [0.1, 0.15) is 4.90 Å². The van der Waals surface area contributed by atoms with Crippen LogP contribution in [0.1, 0.15) is 34.0 Å². The molecule has 2 aromatic carbocycles. The first-order chi connectivity index (χ1) is 16.2. The molecule has 35 heavy (non-hydrogen) atoms. The highest BCUT2D eigenvalue weighted by atomic mass is 32.2. The molecule has 0 atom stereocenters. The molecular formula is C22H15F7N2O3S. The van der Waals surface area contributed by atoms with E-state index in [1.54, 1.807) is 0 Å². The Morgan fingerprint density at radius 1 is 0.971 bits per heavy atom. The summed E-state index contributed by atoms with van der Waals surface area (Å²) in [5.41, 5.74) is -2.11. The highest BCUT2D eigenvalue weighted by Crippen LogP contribution is 2.35. The molecular weight excluding hydrogens is 505 g/mol. The van der Waals surface area contributed by atoms with E-state index in [4.69, 9.17) is 0 Å². The van der Waals surface area contributed by atoms with E-state index >= 15 is 0 Å². The quantitative estimate of drug-likeness (QED) is 0.185. The van der Waals surface area contributed by atoms with Crippen LogP contribution in [0, 0.1) is 23.3 Å². The van der Waals surface area contributed by atoms with Gasteiger partial charge < -0.3 is 0 Å². The van der Waals surface area contributed by atoms with E-state index < -0.39 is 74.4 Å². The molecule has 0 unspecified atom stereocenters. The number of rotatable bonds is 7. The number of nitrogens with zero attached hydrogens (tertiary/aromatic N) is 2. The maximum absolute atomic E-state index is 14.4. The highest BCUT2D eigenvalue weighted by molar-refractivity contribution is 7.89. The minimum Gasteiger partial charge on any atom is -0.295 e. The summed E-state index contributed by atoms with van der Waals surface area (Å²) >= 11 is 0. The van der Waals surface area contributed by atoms with Gasteiger partial charge in [-0.2, -0.15) is 17.5 Å². The van der Waals surface area contributed by atoms with Crippen molar-refractivity contribution in [1.82, 2.24) is 9.29 Å². The number of pyridine rings is 1. The monoisotopic (exact) mass is 520 g/mol. The molecule has 0 aliphatic carbocycles. The van der Waals surface area contributed by atoms with Crippen molar-refractivity contribution in [2.45, 2.75) is 31.1 Å². The normalized spacial score (nSPS) is 12.3. The van der Waals surface area contributed by atoms with Crippen molar-refractivity contribution in [2.24, 2.45) is 0 Å². The topological polar surface area (TPSA) is 67.3 Å². The van der Waals surface area contributed by atoms with Crippen molar-refractivity contribution in [3.63, 3.8) is 0 Å². The first kappa shape index (κ1) is 26.3. The third kappa shape index (κ3) is 5.51. The molecule has 1 aromatic heterocycles. The number of hydrogen-bond donors (Lipinski definition) is 0. The maximum Gasteiger partial charge on any atom is 0.416 e. The van der Waals surface area contributed by atoms with E-state index in [0.29, 0.717) is 10.4 Å². The first-order valence-electron chi connectivity index (χ1n) is 9.66. The Balaban J connectivity index is 2.18. The van der Waals surface area contributed by atoms with E-state index in [-0.39, 0.29) is 17.2 Å². The van der Waals surface area contributed by atoms with Gasteiger partial charge >= 0.3 is 6.18 Å². The average Bonchev–Trinajstić information content (AvgIpc) is 2.79. The smallest absolute Gasteiger partial charge is 0.295 e. The fourth-order valence-corrected chi connectivity index (χ4v) is 4.66. The second kappa shape index (κ2) is 9.74. The molecule has 0 saturated carbocycles. The van der Waals surface area contributed by atoms with Crippen LogP contribution >= 0.6 is 0 Å². The third-order valence-corrected chi connectivity index (χ3v) is 6.73. The van der Waals surface area contributed by atoms with Gasteiger partial charge in [0.15, 0.2) is 29.1 Å². The van der Waals surface area contributed by atoms with Gasteiger partial charge in [-0.15, -0.1) is 0 Å². The summed E-state index contributed by atoms with van der Waals surface area (Å²) in [5, 5.41) is 0. The molecule has 0 radical (unpaired) electrons. The number of aromatic nitrogens is 1. The van der Waals surface area contributed by atoms with Crippen LogP contribution in [-0.4, -0.2) is 23.5 Å². The molecule has 0 saturated heterocycles. The van der Waals surface area contributed by atoms with Crippen LogP contribution in [0.3, 0.4) is 0 Å². The summed E-state index contributed by atoms with van der Waals surface area (Å²) in [6, 6.07) is 5.10. The Morgan fingerprint density at radius 2 is 1.66 bits per heavy atom. The minimum absolute atomic E-state index is 0.0944. The third-order valence-electron chi connectivity index (χ3n) is 4.94. The second-order valence-corrected chi connectivity index (χ2v) is 9.27. The SMILES string of the molecule is CC(=O)c1ccc(CN(Cc2cccnc2)S(=O)(=O)c2cc(F)c(F)c(F)c2F)c(C(F)(F)F)c1. The van der Waals surface area contributed by atoms with Gasteiger partial charge in [0, 0.05) is 37.1 Å². The Hall–Kier alpha value is -3.32. The Bertz CT molecular complexity index is 1380. The number of Topliss-reactive ketones (excluding diaryl/α,β-unsaturated/α-hetero) is 1. The van der Waals surface area contributed by atoms with Crippen LogP contribution < -0.4 is 0 Å². The number of halogens is 7. The van der Waals surface area contributed by atoms with Gasteiger partial charge in [-0.3, -0.25) is 9.78 Å². The van der Waals surface area contributed by atoms with Crippen molar-refractivity contribution >= 4 is 15.8 Å². The summed E-state index contributed by atoms with van der Waals surface area (Å²) < 4.78 is 123. The molecule has 0 N–H and O–H groups in total. The van der Waals surface area contributed by atoms with Gasteiger partial charge in [-0.05, 0) is 30.2 Å². The number of alkyl halides is 3. The van der Waals surface area contributed by atoms with Gasteiger partial charge in [0.25, 0.3) is 0 Å². The van der Waals surface area contributed by atoms with Crippen LogP contribution in [-0.2, 0) is 29.3 Å². The Kier molecular flexibility index (Phi) is 7.31. The van der Waals surface area contributed by atoms with Crippen molar-refractivity contribution < 1.29 is 43.9 Å². The molecule has 1 heterocycles. The highest BCUT2D eigenvalue weighted by Gasteiger charge is 2.37. The largest absolute Gasteiger partial charge is 0.416 e. The molecule has 0 spiro atoms. The Labute approximate surface area is 194 Å². The van der Waals surface area contributed by atoms with E-state index in [2.05, 4.69) is 4.98 Å². The summed E-state index contributed by atoms with van der Waals surface area (Å²) in [6.45, 7) is -0.680. The molecule has 3 rings (SSSR count). The molecule has 0 amide bonds. The summed E-state index contributed by atoms with van der Waals surface area (Å²) in [5.74, 6) is -9.57. The van der Waals surface area contributed by atoms with Crippen LogP contribution in [0.5, 0.6) is 0 Å². The zero-order valence-electron chi connectivity index (χ0n) is 17.7. The van der Waals surface area contributed by atoms with Crippen molar-refractivity contribution in [3.05, 3.63) is 94.3 Å². The molecule has 0 aliphatic rings. The number of carbonyl (C=O) groups is 1. The maximum atomic E-state index is 14.4. The molecule has 0 bridgehead atoms. The van der Waals surface area contributed by atoms with E-state index in [1.165, 1.54) is 24.5 Å². The number of benzene rings is 2. The van der Waals surface area contributed by atoms with Crippen LogP contribution in [0.2, 0.25) is 0 Å². The fraction of sp³-hybridized carbons (Fsp3) is 0.182. The van der Waals surface area contributed by atoms with E-state index in [1.807, 2.05) is 0 Å². The zero-order chi connectivity index (χ0) is 26.1. The lowest BCUT2D eigenvalue weighted by molar-refractivity contribution is -0.138. The molecule has 0 aliphatic heterocycles. The van der Waals surface area contributed by atoms with Crippen molar-refractivity contribution in [1.29, 1.82) is 0 Å². The first-order valence-corrected chi connectivity index (χ1v) is 11.1. The molecule has 186 valence electrons. The lowest BCUT2D eigenvalue weighted by atomic mass is 10.0. The Morgan fingerprint density at radius 3 is 2.23 bits per heavy atom. The van der Waals surface area contributed by atoms with E-state index in [9.17, 15) is 43.9 Å². The number of hydrogen-bond acceptors (Lipinski definition) is 4. The van der Waals surface area contributed by atoms with Gasteiger partial charge in [0.05, 0.1) is 5.56 Å².